The summed E-state index contributed by atoms with van der Waals surface area (Å²) in [6, 6.07) is 8.05. The van der Waals surface area contributed by atoms with E-state index in [0.717, 1.165) is 37.3 Å². The number of aryl methyl sites for hydroxylation is 1. The maximum Gasteiger partial charge on any atom is 0.222 e. The van der Waals surface area contributed by atoms with Crippen molar-refractivity contribution in [1.29, 1.82) is 0 Å². The quantitative estimate of drug-likeness (QED) is 0.874. The molecule has 4 heteroatoms. The van der Waals surface area contributed by atoms with Crippen LogP contribution in [0, 0.1) is 0 Å². The zero-order chi connectivity index (χ0) is 15.1. The Bertz CT molecular complexity index is 445. The van der Waals surface area contributed by atoms with Gasteiger partial charge in [-0.3, -0.25) is 4.79 Å². The molecule has 1 aliphatic heterocycles. The molecule has 1 aromatic rings. The Morgan fingerprint density at radius 1 is 1.29 bits per heavy atom. The number of carbonyl (C=O) groups is 1. The first-order valence-electron chi connectivity index (χ1n) is 7.85. The lowest BCUT2D eigenvalue weighted by Gasteiger charge is -2.35. The van der Waals surface area contributed by atoms with Gasteiger partial charge in [0.05, 0.1) is 0 Å². The van der Waals surface area contributed by atoms with Gasteiger partial charge in [-0.2, -0.15) is 0 Å². The van der Waals surface area contributed by atoms with Crippen molar-refractivity contribution in [1.82, 2.24) is 4.90 Å². The normalized spacial score (nSPS) is 18.8. The highest BCUT2D eigenvalue weighted by atomic mass is 35.5. The van der Waals surface area contributed by atoms with E-state index in [1.807, 2.05) is 29.2 Å². The summed E-state index contributed by atoms with van der Waals surface area (Å²) in [5.41, 5.74) is 1.22. The molecule has 0 aliphatic carbocycles. The maximum absolute atomic E-state index is 12.4. The SMILES string of the molecule is O=C(CCCc1ccc(Cl)cc1)N1CCCCC1CCO. The van der Waals surface area contributed by atoms with Gasteiger partial charge < -0.3 is 10.0 Å². The Hall–Kier alpha value is -1.06. The molecular formula is C17H24ClNO2. The summed E-state index contributed by atoms with van der Waals surface area (Å²) in [5, 5.41) is 9.86. The molecule has 0 saturated carbocycles. The van der Waals surface area contributed by atoms with Crippen LogP contribution in [-0.4, -0.2) is 35.1 Å². The lowest BCUT2D eigenvalue weighted by Crippen LogP contribution is -2.44. The molecule has 0 bridgehead atoms. The highest BCUT2D eigenvalue weighted by Crippen LogP contribution is 2.21. The van der Waals surface area contributed by atoms with Gasteiger partial charge >= 0.3 is 0 Å². The standard InChI is InChI=1S/C17H24ClNO2/c18-15-9-7-14(8-10-15)4-3-6-17(21)19-12-2-1-5-16(19)11-13-20/h7-10,16,20H,1-6,11-13H2. The van der Waals surface area contributed by atoms with Crippen LogP contribution in [0.5, 0.6) is 0 Å². The second-order valence-electron chi connectivity index (χ2n) is 5.73. The van der Waals surface area contributed by atoms with Crippen LogP contribution in [0.15, 0.2) is 24.3 Å². The smallest absolute Gasteiger partial charge is 0.222 e. The van der Waals surface area contributed by atoms with Crippen LogP contribution in [0.2, 0.25) is 5.02 Å². The largest absolute Gasteiger partial charge is 0.396 e. The lowest BCUT2D eigenvalue weighted by molar-refractivity contribution is -0.135. The predicted molar refractivity (Wildman–Crippen MR) is 85.4 cm³/mol. The van der Waals surface area contributed by atoms with E-state index in [0.29, 0.717) is 12.8 Å². The number of likely N-dealkylation sites (tertiary alicyclic amines) is 1. The molecule has 1 unspecified atom stereocenters. The zero-order valence-electron chi connectivity index (χ0n) is 12.4. The molecule has 1 atom stereocenters. The van der Waals surface area contributed by atoms with Crippen molar-refractivity contribution in [3.8, 4) is 0 Å². The molecule has 1 fully saturated rings. The fraction of sp³-hybridized carbons (Fsp3) is 0.588. The minimum absolute atomic E-state index is 0.166. The molecule has 1 saturated heterocycles. The fourth-order valence-electron chi connectivity index (χ4n) is 3.02. The number of carbonyl (C=O) groups excluding carboxylic acids is 1. The monoisotopic (exact) mass is 309 g/mol. The number of aliphatic hydroxyl groups excluding tert-OH is 1. The van der Waals surface area contributed by atoms with E-state index < -0.39 is 0 Å². The molecule has 1 heterocycles. The van der Waals surface area contributed by atoms with Gasteiger partial charge in [0, 0.05) is 30.6 Å². The van der Waals surface area contributed by atoms with Crippen molar-refractivity contribution in [3.05, 3.63) is 34.9 Å². The molecule has 1 aromatic carbocycles. The summed E-state index contributed by atoms with van der Waals surface area (Å²) in [6.45, 7) is 1.02. The van der Waals surface area contributed by atoms with Gasteiger partial charge in [-0.05, 0) is 56.2 Å². The van der Waals surface area contributed by atoms with Crippen LogP contribution in [0.1, 0.15) is 44.1 Å². The van der Waals surface area contributed by atoms with Gasteiger partial charge in [-0.15, -0.1) is 0 Å². The van der Waals surface area contributed by atoms with Crippen molar-refractivity contribution in [2.24, 2.45) is 0 Å². The van der Waals surface area contributed by atoms with E-state index in [1.54, 1.807) is 0 Å². The molecule has 3 nitrogen and oxygen atoms in total. The van der Waals surface area contributed by atoms with Gasteiger partial charge in [0.1, 0.15) is 0 Å². The number of hydrogen-bond acceptors (Lipinski definition) is 2. The van der Waals surface area contributed by atoms with Crippen LogP contribution in [0.25, 0.3) is 0 Å². The summed E-state index contributed by atoms with van der Waals surface area (Å²) in [5.74, 6) is 0.238. The van der Waals surface area contributed by atoms with Crippen LogP contribution < -0.4 is 0 Å². The number of aliphatic hydroxyl groups is 1. The molecule has 116 valence electrons. The van der Waals surface area contributed by atoms with E-state index >= 15 is 0 Å². The third-order valence-corrected chi connectivity index (χ3v) is 4.43. The van der Waals surface area contributed by atoms with Gasteiger partial charge in [0.25, 0.3) is 0 Å². The van der Waals surface area contributed by atoms with Crippen LogP contribution in [0.4, 0.5) is 0 Å². The van der Waals surface area contributed by atoms with E-state index in [9.17, 15) is 4.79 Å². The summed E-state index contributed by atoms with van der Waals surface area (Å²) >= 11 is 5.86. The molecule has 1 amide bonds. The predicted octanol–water partition coefficient (Wildman–Crippen LogP) is 3.43. The molecule has 0 aromatic heterocycles. The van der Waals surface area contributed by atoms with Gasteiger partial charge in [0.2, 0.25) is 5.91 Å². The van der Waals surface area contributed by atoms with Crippen molar-refractivity contribution >= 4 is 17.5 Å². The Balaban J connectivity index is 1.78. The third-order valence-electron chi connectivity index (χ3n) is 4.18. The first-order valence-corrected chi connectivity index (χ1v) is 8.23. The molecule has 0 spiro atoms. The van der Waals surface area contributed by atoms with Crippen molar-refractivity contribution in [3.63, 3.8) is 0 Å². The Morgan fingerprint density at radius 3 is 2.76 bits per heavy atom. The number of nitrogens with zero attached hydrogens (tertiary/aromatic N) is 1. The Kier molecular flexibility index (Phi) is 6.52. The summed E-state index contributed by atoms with van der Waals surface area (Å²) in [6.07, 6.45) is 6.35. The van der Waals surface area contributed by atoms with Crippen LogP contribution in [0.3, 0.4) is 0 Å². The van der Waals surface area contributed by atoms with Gasteiger partial charge in [-0.25, -0.2) is 0 Å². The van der Waals surface area contributed by atoms with Crippen molar-refractivity contribution in [2.45, 2.75) is 51.0 Å². The van der Waals surface area contributed by atoms with E-state index in [-0.39, 0.29) is 18.6 Å². The minimum atomic E-state index is 0.166. The topological polar surface area (TPSA) is 40.5 Å². The third kappa shape index (κ3) is 5.01. The highest BCUT2D eigenvalue weighted by molar-refractivity contribution is 6.30. The number of hydrogen-bond donors (Lipinski definition) is 1. The zero-order valence-corrected chi connectivity index (χ0v) is 13.2. The number of piperidine rings is 1. The molecule has 21 heavy (non-hydrogen) atoms. The summed E-state index contributed by atoms with van der Waals surface area (Å²) in [7, 11) is 0. The highest BCUT2D eigenvalue weighted by Gasteiger charge is 2.25. The average molecular weight is 310 g/mol. The fourth-order valence-corrected chi connectivity index (χ4v) is 3.14. The second-order valence-corrected chi connectivity index (χ2v) is 6.17. The number of rotatable bonds is 6. The second kappa shape index (κ2) is 8.40. The van der Waals surface area contributed by atoms with Gasteiger partial charge in [-0.1, -0.05) is 23.7 Å². The minimum Gasteiger partial charge on any atom is -0.396 e. The van der Waals surface area contributed by atoms with Crippen molar-refractivity contribution in [2.75, 3.05) is 13.2 Å². The average Bonchev–Trinajstić information content (AvgIpc) is 2.50. The molecular weight excluding hydrogens is 286 g/mol. The molecule has 1 N–H and O–H groups in total. The van der Waals surface area contributed by atoms with E-state index in [2.05, 4.69) is 0 Å². The lowest BCUT2D eigenvalue weighted by atomic mass is 9.98. The Labute approximate surface area is 131 Å². The van der Waals surface area contributed by atoms with Crippen molar-refractivity contribution < 1.29 is 9.90 Å². The van der Waals surface area contributed by atoms with Gasteiger partial charge in [0.15, 0.2) is 0 Å². The summed E-state index contributed by atoms with van der Waals surface area (Å²) < 4.78 is 0. The van der Waals surface area contributed by atoms with E-state index in [1.165, 1.54) is 12.0 Å². The Morgan fingerprint density at radius 2 is 2.05 bits per heavy atom. The number of halogens is 1. The number of amides is 1. The number of benzene rings is 1. The maximum atomic E-state index is 12.4. The molecule has 2 rings (SSSR count). The molecule has 0 radical (unpaired) electrons. The summed E-state index contributed by atoms with van der Waals surface area (Å²) in [4.78, 5) is 14.3. The van der Waals surface area contributed by atoms with E-state index in [4.69, 9.17) is 16.7 Å². The first-order chi connectivity index (χ1) is 10.2. The molecule has 1 aliphatic rings. The first kappa shape index (κ1) is 16.3. The van der Waals surface area contributed by atoms with Crippen LogP contribution in [-0.2, 0) is 11.2 Å². The van der Waals surface area contributed by atoms with Crippen LogP contribution >= 0.6 is 11.6 Å².